The van der Waals surface area contributed by atoms with Crippen LogP contribution in [0.4, 0.5) is 0 Å². The van der Waals surface area contributed by atoms with Crippen LogP contribution in [0.5, 0.6) is 0 Å². The Bertz CT molecular complexity index is 517. The van der Waals surface area contributed by atoms with Crippen LogP contribution in [0.1, 0.15) is 29.5 Å². The van der Waals surface area contributed by atoms with Crippen LogP contribution in [-0.4, -0.2) is 19.6 Å². The van der Waals surface area contributed by atoms with E-state index in [9.17, 15) is 5.11 Å². The average molecular weight is 235 g/mol. The first-order valence-corrected chi connectivity index (χ1v) is 6.21. The number of thiazole rings is 1. The minimum Gasteiger partial charge on any atom is -0.387 e. The van der Waals surface area contributed by atoms with Gasteiger partial charge in [0.15, 0.2) is 0 Å². The molecule has 1 aliphatic rings. The SMILES string of the molecule is Cn1cncc1-c1nc2c(s1)CCCC2O. The lowest BCUT2D eigenvalue weighted by Crippen LogP contribution is -2.07. The van der Waals surface area contributed by atoms with Crippen molar-refractivity contribution < 1.29 is 5.11 Å². The topological polar surface area (TPSA) is 50.9 Å². The number of aliphatic hydroxyl groups excluding tert-OH is 1. The molecule has 2 aromatic heterocycles. The van der Waals surface area contributed by atoms with Crippen LogP contribution >= 0.6 is 11.3 Å². The lowest BCUT2D eigenvalue weighted by atomic mass is 10.0. The molecule has 0 saturated heterocycles. The molecule has 0 saturated carbocycles. The van der Waals surface area contributed by atoms with Gasteiger partial charge in [-0.05, 0) is 19.3 Å². The predicted octanol–water partition coefficient (Wildman–Crippen LogP) is 1.91. The number of aromatic nitrogens is 3. The van der Waals surface area contributed by atoms with E-state index in [2.05, 4.69) is 9.97 Å². The van der Waals surface area contributed by atoms with Gasteiger partial charge in [0.25, 0.3) is 0 Å². The maximum Gasteiger partial charge on any atom is 0.142 e. The smallest absolute Gasteiger partial charge is 0.142 e. The Morgan fingerprint density at radius 1 is 1.56 bits per heavy atom. The Labute approximate surface area is 97.6 Å². The molecule has 0 aliphatic heterocycles. The number of hydrogen-bond donors (Lipinski definition) is 1. The summed E-state index contributed by atoms with van der Waals surface area (Å²) >= 11 is 1.68. The maximum atomic E-state index is 9.86. The van der Waals surface area contributed by atoms with Crippen LogP contribution in [0.25, 0.3) is 10.7 Å². The number of rotatable bonds is 1. The van der Waals surface area contributed by atoms with Gasteiger partial charge >= 0.3 is 0 Å². The molecule has 4 nitrogen and oxygen atoms in total. The molecule has 2 heterocycles. The number of nitrogens with zero attached hydrogens (tertiary/aromatic N) is 3. The minimum absolute atomic E-state index is 0.373. The number of fused-ring (bicyclic) bond motifs is 1. The Kier molecular flexibility index (Phi) is 2.29. The van der Waals surface area contributed by atoms with Crippen molar-refractivity contribution in [2.24, 2.45) is 7.05 Å². The molecule has 0 aromatic carbocycles. The standard InChI is InChI=1S/C11H13N3OS/c1-14-6-12-5-7(14)11-13-10-8(15)3-2-4-9(10)16-11/h5-6,8,15H,2-4H2,1H3. The average Bonchev–Trinajstić information content (AvgIpc) is 2.84. The number of aryl methyl sites for hydroxylation is 2. The number of aliphatic hydroxyl groups is 1. The fourth-order valence-electron chi connectivity index (χ4n) is 2.07. The third-order valence-electron chi connectivity index (χ3n) is 2.96. The molecule has 0 bridgehead atoms. The summed E-state index contributed by atoms with van der Waals surface area (Å²) in [5, 5.41) is 10.8. The Morgan fingerprint density at radius 2 is 2.44 bits per heavy atom. The van der Waals surface area contributed by atoms with E-state index < -0.39 is 0 Å². The zero-order chi connectivity index (χ0) is 11.1. The third kappa shape index (κ3) is 1.47. The van der Waals surface area contributed by atoms with E-state index in [0.29, 0.717) is 0 Å². The predicted molar refractivity (Wildman–Crippen MR) is 62.2 cm³/mol. The zero-order valence-corrected chi connectivity index (χ0v) is 9.87. The van der Waals surface area contributed by atoms with Gasteiger partial charge in [-0.2, -0.15) is 0 Å². The van der Waals surface area contributed by atoms with Crippen molar-refractivity contribution in [2.45, 2.75) is 25.4 Å². The van der Waals surface area contributed by atoms with E-state index >= 15 is 0 Å². The van der Waals surface area contributed by atoms with Crippen LogP contribution in [0, 0.1) is 0 Å². The number of hydrogen-bond acceptors (Lipinski definition) is 4. The summed E-state index contributed by atoms with van der Waals surface area (Å²) in [6, 6.07) is 0. The van der Waals surface area contributed by atoms with E-state index in [1.807, 2.05) is 17.8 Å². The highest BCUT2D eigenvalue weighted by molar-refractivity contribution is 7.15. The molecule has 3 rings (SSSR count). The largest absolute Gasteiger partial charge is 0.387 e. The first kappa shape index (κ1) is 9.99. The van der Waals surface area contributed by atoms with Gasteiger partial charge in [-0.15, -0.1) is 11.3 Å². The summed E-state index contributed by atoms with van der Waals surface area (Å²) in [5.41, 5.74) is 1.90. The first-order valence-electron chi connectivity index (χ1n) is 5.40. The molecular weight excluding hydrogens is 222 g/mol. The highest BCUT2D eigenvalue weighted by Crippen LogP contribution is 2.36. The molecular formula is C11H13N3OS. The van der Waals surface area contributed by atoms with Crippen molar-refractivity contribution in [3.05, 3.63) is 23.1 Å². The second-order valence-corrected chi connectivity index (χ2v) is 5.21. The van der Waals surface area contributed by atoms with Crippen molar-refractivity contribution in [3.63, 3.8) is 0 Å². The maximum absolute atomic E-state index is 9.86. The molecule has 1 atom stereocenters. The summed E-state index contributed by atoms with van der Waals surface area (Å²) in [7, 11) is 1.96. The van der Waals surface area contributed by atoms with Crippen LogP contribution in [0.3, 0.4) is 0 Å². The molecule has 0 amide bonds. The fourth-order valence-corrected chi connectivity index (χ4v) is 3.28. The Hall–Kier alpha value is -1.20. The number of imidazole rings is 1. The second-order valence-electron chi connectivity index (χ2n) is 4.13. The molecule has 0 radical (unpaired) electrons. The van der Waals surface area contributed by atoms with E-state index in [1.165, 1.54) is 4.88 Å². The van der Waals surface area contributed by atoms with Crippen LogP contribution in [0.15, 0.2) is 12.5 Å². The molecule has 84 valence electrons. The van der Waals surface area contributed by atoms with Gasteiger partial charge in [0, 0.05) is 11.9 Å². The van der Waals surface area contributed by atoms with Crippen molar-refractivity contribution in [1.82, 2.24) is 14.5 Å². The fraction of sp³-hybridized carbons (Fsp3) is 0.455. The first-order chi connectivity index (χ1) is 7.75. The van der Waals surface area contributed by atoms with Gasteiger partial charge in [0.1, 0.15) is 5.01 Å². The highest BCUT2D eigenvalue weighted by Gasteiger charge is 2.23. The molecule has 0 spiro atoms. The monoisotopic (exact) mass is 235 g/mol. The molecule has 1 unspecified atom stereocenters. The van der Waals surface area contributed by atoms with Crippen molar-refractivity contribution in [3.8, 4) is 10.7 Å². The lowest BCUT2D eigenvalue weighted by Gasteiger charge is -2.14. The quantitative estimate of drug-likeness (QED) is 0.821. The second kappa shape index (κ2) is 3.68. The molecule has 1 N–H and O–H groups in total. The Balaban J connectivity index is 2.08. The molecule has 16 heavy (non-hydrogen) atoms. The third-order valence-corrected chi connectivity index (χ3v) is 4.11. The van der Waals surface area contributed by atoms with Crippen molar-refractivity contribution in [2.75, 3.05) is 0 Å². The van der Waals surface area contributed by atoms with E-state index in [4.69, 9.17) is 0 Å². The van der Waals surface area contributed by atoms with E-state index in [-0.39, 0.29) is 6.10 Å². The van der Waals surface area contributed by atoms with Gasteiger partial charge in [-0.3, -0.25) is 0 Å². The van der Waals surface area contributed by atoms with E-state index in [1.54, 1.807) is 17.7 Å². The van der Waals surface area contributed by atoms with Crippen LogP contribution in [-0.2, 0) is 13.5 Å². The summed E-state index contributed by atoms with van der Waals surface area (Å²) in [4.78, 5) is 9.86. The highest BCUT2D eigenvalue weighted by atomic mass is 32.1. The summed E-state index contributed by atoms with van der Waals surface area (Å²) in [5.74, 6) is 0. The molecule has 5 heteroatoms. The van der Waals surface area contributed by atoms with Crippen LogP contribution < -0.4 is 0 Å². The molecule has 2 aromatic rings. The van der Waals surface area contributed by atoms with Gasteiger partial charge in [-0.25, -0.2) is 9.97 Å². The lowest BCUT2D eigenvalue weighted by molar-refractivity contribution is 0.153. The van der Waals surface area contributed by atoms with Gasteiger partial charge in [-0.1, -0.05) is 0 Å². The van der Waals surface area contributed by atoms with Gasteiger partial charge in [0.2, 0.25) is 0 Å². The normalized spacial score (nSPS) is 19.8. The van der Waals surface area contributed by atoms with Gasteiger partial charge < -0.3 is 9.67 Å². The van der Waals surface area contributed by atoms with E-state index in [0.717, 1.165) is 35.7 Å². The van der Waals surface area contributed by atoms with Crippen LogP contribution in [0.2, 0.25) is 0 Å². The molecule has 1 aliphatic carbocycles. The summed E-state index contributed by atoms with van der Waals surface area (Å²) in [6.45, 7) is 0. The zero-order valence-electron chi connectivity index (χ0n) is 9.05. The Morgan fingerprint density at radius 3 is 3.12 bits per heavy atom. The summed E-state index contributed by atoms with van der Waals surface area (Å²) in [6.07, 6.45) is 6.15. The molecule has 0 fully saturated rings. The van der Waals surface area contributed by atoms with Crippen molar-refractivity contribution >= 4 is 11.3 Å². The van der Waals surface area contributed by atoms with Crippen molar-refractivity contribution in [1.29, 1.82) is 0 Å². The summed E-state index contributed by atoms with van der Waals surface area (Å²) < 4.78 is 1.96. The van der Waals surface area contributed by atoms with Gasteiger partial charge in [0.05, 0.1) is 30.0 Å². The minimum atomic E-state index is -0.373.